The summed E-state index contributed by atoms with van der Waals surface area (Å²) < 4.78 is 10.7. The lowest BCUT2D eigenvalue weighted by atomic mass is 9.97. The van der Waals surface area contributed by atoms with Crippen LogP contribution in [-0.2, 0) is 14.3 Å². The summed E-state index contributed by atoms with van der Waals surface area (Å²) in [5.74, 6) is -0.316. The molecule has 0 aliphatic rings. The van der Waals surface area contributed by atoms with Gasteiger partial charge in [-0.2, -0.15) is 0 Å². The van der Waals surface area contributed by atoms with Crippen LogP contribution in [0.4, 0.5) is 10.5 Å². The second-order valence-corrected chi connectivity index (χ2v) is 10.7. The van der Waals surface area contributed by atoms with Crippen molar-refractivity contribution < 1.29 is 23.9 Å². The van der Waals surface area contributed by atoms with E-state index in [0.717, 1.165) is 12.0 Å². The van der Waals surface area contributed by atoms with Crippen molar-refractivity contribution in [3.63, 3.8) is 0 Å². The van der Waals surface area contributed by atoms with Crippen LogP contribution in [0.15, 0.2) is 55.1 Å². The highest BCUT2D eigenvalue weighted by molar-refractivity contribution is 5.99. The molecule has 0 radical (unpaired) electrons. The molecule has 0 bridgehead atoms. The summed E-state index contributed by atoms with van der Waals surface area (Å²) in [4.78, 5) is 42.3. The number of anilines is 1. The number of unbranched alkanes of at least 4 members (excludes halogenated alkanes) is 1. The SMILES string of the molecule is C=Cc1cccc(C(C(=O)Nc2ccc(OC)cc2)N(CCCC)C(=O)C(NC(=O)OC(C)(C)C)C(C)C)c1. The van der Waals surface area contributed by atoms with Gasteiger partial charge in [0.25, 0.3) is 5.91 Å². The minimum absolute atomic E-state index is 0.251. The van der Waals surface area contributed by atoms with Crippen LogP contribution in [0.5, 0.6) is 5.75 Å². The first kappa shape index (κ1) is 31.4. The number of carbonyl (C=O) groups is 3. The Morgan fingerprint density at radius 3 is 2.28 bits per heavy atom. The fraction of sp³-hybridized carbons (Fsp3) is 0.452. The van der Waals surface area contributed by atoms with Gasteiger partial charge in [0.2, 0.25) is 5.91 Å². The molecule has 8 heteroatoms. The van der Waals surface area contributed by atoms with Gasteiger partial charge in [-0.1, -0.05) is 58.0 Å². The van der Waals surface area contributed by atoms with Crippen LogP contribution in [0.25, 0.3) is 6.08 Å². The minimum atomic E-state index is -0.951. The third kappa shape index (κ3) is 9.46. The molecule has 2 atom stereocenters. The molecule has 39 heavy (non-hydrogen) atoms. The summed E-state index contributed by atoms with van der Waals surface area (Å²) in [5.41, 5.74) is 1.32. The van der Waals surface area contributed by atoms with Crippen molar-refractivity contribution in [3.05, 3.63) is 66.2 Å². The molecule has 0 spiro atoms. The van der Waals surface area contributed by atoms with E-state index in [4.69, 9.17) is 9.47 Å². The fourth-order valence-corrected chi connectivity index (χ4v) is 4.04. The topological polar surface area (TPSA) is 97.0 Å². The van der Waals surface area contributed by atoms with E-state index in [0.29, 0.717) is 30.0 Å². The largest absolute Gasteiger partial charge is 0.497 e. The summed E-state index contributed by atoms with van der Waals surface area (Å²) >= 11 is 0. The number of amides is 3. The number of alkyl carbamates (subject to hydrolysis) is 1. The lowest BCUT2D eigenvalue weighted by molar-refractivity contribution is -0.141. The van der Waals surface area contributed by atoms with Gasteiger partial charge in [-0.3, -0.25) is 9.59 Å². The standard InChI is InChI=1S/C31H43N3O5/c1-9-11-19-34(29(36)26(21(3)4)33-30(37)39-31(5,6)7)27(23-14-12-13-22(10-2)20-23)28(35)32-24-15-17-25(38-8)18-16-24/h10,12-18,20-21,26-27H,2,9,11,19H2,1,3-8H3,(H,32,35)(H,33,37). The number of nitrogens with zero attached hydrogens (tertiary/aromatic N) is 1. The zero-order chi connectivity index (χ0) is 29.2. The van der Waals surface area contributed by atoms with Crippen molar-refractivity contribution in [2.24, 2.45) is 5.92 Å². The molecule has 0 fully saturated rings. The maximum absolute atomic E-state index is 14.1. The Morgan fingerprint density at radius 2 is 1.74 bits per heavy atom. The number of benzene rings is 2. The summed E-state index contributed by atoms with van der Waals surface area (Å²) in [5, 5.41) is 5.70. The predicted molar refractivity (Wildman–Crippen MR) is 156 cm³/mol. The molecule has 2 unspecified atom stereocenters. The van der Waals surface area contributed by atoms with Gasteiger partial charge in [-0.25, -0.2) is 4.79 Å². The Kier molecular flexibility index (Phi) is 11.6. The van der Waals surface area contributed by atoms with E-state index in [-0.39, 0.29) is 17.7 Å². The first-order valence-corrected chi connectivity index (χ1v) is 13.4. The van der Waals surface area contributed by atoms with Gasteiger partial charge in [0.05, 0.1) is 7.11 Å². The molecule has 0 saturated carbocycles. The molecule has 2 aromatic carbocycles. The third-order valence-electron chi connectivity index (χ3n) is 6.02. The van der Waals surface area contributed by atoms with E-state index < -0.39 is 23.8 Å². The summed E-state index contributed by atoms with van der Waals surface area (Å²) in [6.07, 6.45) is 2.50. The van der Waals surface area contributed by atoms with Crippen LogP contribution in [-0.4, -0.2) is 48.1 Å². The molecule has 8 nitrogen and oxygen atoms in total. The summed E-state index contributed by atoms with van der Waals surface area (Å²) in [6.45, 7) is 15.2. The van der Waals surface area contributed by atoms with Gasteiger partial charge < -0.3 is 25.0 Å². The smallest absolute Gasteiger partial charge is 0.408 e. The number of ether oxygens (including phenoxy) is 2. The summed E-state index contributed by atoms with van der Waals surface area (Å²) in [7, 11) is 1.57. The second kappa shape index (κ2) is 14.4. The van der Waals surface area contributed by atoms with Gasteiger partial charge in [-0.15, -0.1) is 0 Å². The van der Waals surface area contributed by atoms with Gasteiger partial charge in [0.15, 0.2) is 0 Å². The summed E-state index contributed by atoms with van der Waals surface area (Å²) in [6, 6.07) is 12.5. The van der Waals surface area contributed by atoms with Crippen LogP contribution in [0, 0.1) is 5.92 Å². The first-order valence-electron chi connectivity index (χ1n) is 13.4. The number of nitrogens with one attached hydrogen (secondary N) is 2. The second-order valence-electron chi connectivity index (χ2n) is 10.7. The number of hydrogen-bond acceptors (Lipinski definition) is 5. The van der Waals surface area contributed by atoms with Crippen molar-refractivity contribution in [1.29, 1.82) is 0 Å². The lowest BCUT2D eigenvalue weighted by Gasteiger charge is -2.35. The number of hydrogen-bond donors (Lipinski definition) is 2. The van der Waals surface area contributed by atoms with Crippen LogP contribution >= 0.6 is 0 Å². The zero-order valence-corrected chi connectivity index (χ0v) is 24.2. The molecule has 0 saturated heterocycles. The van der Waals surface area contributed by atoms with E-state index in [1.807, 2.05) is 45.0 Å². The highest BCUT2D eigenvalue weighted by atomic mass is 16.6. The van der Waals surface area contributed by atoms with Gasteiger partial charge in [0.1, 0.15) is 23.4 Å². The molecule has 0 aliphatic heterocycles. The van der Waals surface area contributed by atoms with Crippen molar-refractivity contribution in [2.45, 2.75) is 72.1 Å². The zero-order valence-electron chi connectivity index (χ0n) is 24.2. The van der Waals surface area contributed by atoms with E-state index in [1.54, 1.807) is 63.1 Å². The van der Waals surface area contributed by atoms with Crippen molar-refractivity contribution in [1.82, 2.24) is 10.2 Å². The molecule has 212 valence electrons. The Bertz CT molecular complexity index is 1120. The van der Waals surface area contributed by atoms with Crippen molar-refractivity contribution in [2.75, 3.05) is 19.0 Å². The Balaban J connectivity index is 2.53. The molecule has 0 aliphatic carbocycles. The molecule has 2 aromatic rings. The lowest BCUT2D eigenvalue weighted by Crippen LogP contribution is -2.54. The Hall–Kier alpha value is -3.81. The Morgan fingerprint density at radius 1 is 1.08 bits per heavy atom. The maximum atomic E-state index is 14.1. The quantitative estimate of drug-likeness (QED) is 0.336. The van der Waals surface area contributed by atoms with Crippen LogP contribution < -0.4 is 15.4 Å². The Labute approximate surface area is 232 Å². The molecule has 0 heterocycles. The average molecular weight is 538 g/mol. The van der Waals surface area contributed by atoms with Crippen LogP contribution in [0.1, 0.15) is 71.6 Å². The maximum Gasteiger partial charge on any atom is 0.408 e. The van der Waals surface area contributed by atoms with E-state index >= 15 is 0 Å². The van der Waals surface area contributed by atoms with Crippen molar-refractivity contribution in [3.8, 4) is 5.75 Å². The van der Waals surface area contributed by atoms with Crippen molar-refractivity contribution >= 4 is 29.7 Å². The molecule has 3 amide bonds. The molecular weight excluding hydrogens is 494 g/mol. The van der Waals surface area contributed by atoms with Gasteiger partial charge in [-0.05, 0) is 74.6 Å². The van der Waals surface area contributed by atoms with E-state index in [9.17, 15) is 14.4 Å². The normalized spacial score (nSPS) is 12.7. The predicted octanol–water partition coefficient (Wildman–Crippen LogP) is 6.20. The number of rotatable bonds is 12. The first-order chi connectivity index (χ1) is 18.4. The van der Waals surface area contributed by atoms with Gasteiger partial charge >= 0.3 is 6.09 Å². The third-order valence-corrected chi connectivity index (χ3v) is 6.02. The monoisotopic (exact) mass is 537 g/mol. The highest BCUT2D eigenvalue weighted by Crippen LogP contribution is 2.27. The number of carbonyl (C=O) groups excluding carboxylic acids is 3. The van der Waals surface area contributed by atoms with E-state index in [1.165, 1.54) is 0 Å². The minimum Gasteiger partial charge on any atom is -0.497 e. The number of methoxy groups -OCH3 is 1. The van der Waals surface area contributed by atoms with Crippen LogP contribution in [0.2, 0.25) is 0 Å². The fourth-order valence-electron chi connectivity index (χ4n) is 4.04. The molecule has 0 aromatic heterocycles. The molecule has 2 rings (SSSR count). The van der Waals surface area contributed by atoms with Gasteiger partial charge in [0, 0.05) is 12.2 Å². The average Bonchev–Trinajstić information content (AvgIpc) is 2.88. The molecule has 2 N–H and O–H groups in total. The van der Waals surface area contributed by atoms with Crippen LogP contribution in [0.3, 0.4) is 0 Å². The highest BCUT2D eigenvalue weighted by Gasteiger charge is 2.37. The van der Waals surface area contributed by atoms with E-state index in [2.05, 4.69) is 17.2 Å². The molecular formula is C31H43N3O5.